The maximum absolute atomic E-state index is 11.6. The minimum atomic E-state index is -0.0590. The molecule has 0 aromatic carbocycles. The predicted octanol–water partition coefficient (Wildman–Crippen LogP) is 0.693. The molecule has 0 aliphatic carbocycles. The molecule has 0 aromatic rings. The molecule has 1 spiro atoms. The summed E-state index contributed by atoms with van der Waals surface area (Å²) < 4.78 is 5.27. The van der Waals surface area contributed by atoms with Crippen molar-refractivity contribution < 1.29 is 9.53 Å². The van der Waals surface area contributed by atoms with Crippen LogP contribution in [0.15, 0.2) is 0 Å². The van der Waals surface area contributed by atoms with E-state index in [2.05, 4.69) is 5.32 Å². The van der Waals surface area contributed by atoms with E-state index in [0.717, 1.165) is 45.4 Å². The molecule has 0 radical (unpaired) electrons. The van der Waals surface area contributed by atoms with Crippen molar-refractivity contribution in [3.63, 3.8) is 0 Å². The molecule has 2 heterocycles. The highest BCUT2D eigenvalue weighted by Crippen LogP contribution is 2.37. The van der Waals surface area contributed by atoms with Gasteiger partial charge < -0.3 is 10.1 Å². The summed E-state index contributed by atoms with van der Waals surface area (Å²) in [5, 5.41) is 2.95. The molecule has 1 amide bonds. The standard InChI is InChI=1S/C9H15NO2/c11-8-9(2-1-5-10-8)3-6-12-7-4-9/h1-7H2,(H,10,11). The number of ether oxygens (including phenoxy) is 1. The average molecular weight is 169 g/mol. The number of nitrogens with one attached hydrogen (secondary N) is 1. The van der Waals surface area contributed by atoms with Crippen LogP contribution in [-0.4, -0.2) is 25.7 Å². The first kappa shape index (κ1) is 8.05. The van der Waals surface area contributed by atoms with Crippen molar-refractivity contribution in [3.8, 4) is 0 Å². The zero-order valence-electron chi connectivity index (χ0n) is 7.27. The Morgan fingerprint density at radius 1 is 1.25 bits per heavy atom. The lowest BCUT2D eigenvalue weighted by atomic mass is 9.74. The summed E-state index contributed by atoms with van der Waals surface area (Å²) in [7, 11) is 0. The van der Waals surface area contributed by atoms with Crippen molar-refractivity contribution in [1.82, 2.24) is 5.32 Å². The van der Waals surface area contributed by atoms with E-state index >= 15 is 0 Å². The van der Waals surface area contributed by atoms with Gasteiger partial charge >= 0.3 is 0 Å². The van der Waals surface area contributed by atoms with Crippen LogP contribution in [0.4, 0.5) is 0 Å². The number of rotatable bonds is 0. The molecule has 3 heteroatoms. The molecule has 2 fully saturated rings. The second-order valence-electron chi connectivity index (χ2n) is 3.75. The van der Waals surface area contributed by atoms with Crippen LogP contribution in [0.2, 0.25) is 0 Å². The van der Waals surface area contributed by atoms with Crippen molar-refractivity contribution in [2.75, 3.05) is 19.8 Å². The van der Waals surface area contributed by atoms with E-state index in [-0.39, 0.29) is 11.3 Å². The maximum Gasteiger partial charge on any atom is 0.226 e. The van der Waals surface area contributed by atoms with Crippen molar-refractivity contribution >= 4 is 5.91 Å². The van der Waals surface area contributed by atoms with Crippen molar-refractivity contribution in [2.24, 2.45) is 5.41 Å². The Labute approximate surface area is 72.5 Å². The summed E-state index contributed by atoms with van der Waals surface area (Å²) in [5.74, 6) is 0.261. The average Bonchev–Trinajstić information content (AvgIpc) is 2.12. The van der Waals surface area contributed by atoms with Crippen LogP contribution in [0.1, 0.15) is 25.7 Å². The first-order valence-corrected chi connectivity index (χ1v) is 4.70. The van der Waals surface area contributed by atoms with Crippen molar-refractivity contribution in [1.29, 1.82) is 0 Å². The largest absolute Gasteiger partial charge is 0.381 e. The zero-order chi connectivity index (χ0) is 8.44. The fourth-order valence-corrected chi connectivity index (χ4v) is 2.17. The SMILES string of the molecule is O=C1NCCCC12CCOCC2. The van der Waals surface area contributed by atoms with E-state index in [1.165, 1.54) is 0 Å². The third-order valence-corrected chi connectivity index (χ3v) is 3.05. The van der Waals surface area contributed by atoms with Gasteiger partial charge in [-0.25, -0.2) is 0 Å². The lowest BCUT2D eigenvalue weighted by Crippen LogP contribution is -2.48. The molecular weight excluding hydrogens is 154 g/mol. The number of piperidine rings is 1. The lowest BCUT2D eigenvalue weighted by Gasteiger charge is -2.38. The van der Waals surface area contributed by atoms with E-state index in [1.54, 1.807) is 0 Å². The summed E-state index contributed by atoms with van der Waals surface area (Å²) in [6.45, 7) is 2.38. The Balaban J connectivity index is 2.09. The fraction of sp³-hybridized carbons (Fsp3) is 0.889. The third-order valence-electron chi connectivity index (χ3n) is 3.05. The summed E-state index contributed by atoms with van der Waals surface area (Å²) in [6, 6.07) is 0. The minimum absolute atomic E-state index is 0.0590. The Morgan fingerprint density at radius 3 is 2.67 bits per heavy atom. The van der Waals surface area contributed by atoms with Crippen LogP contribution in [0.5, 0.6) is 0 Å². The molecule has 0 bridgehead atoms. The number of amides is 1. The van der Waals surface area contributed by atoms with Gasteiger partial charge in [0.1, 0.15) is 0 Å². The van der Waals surface area contributed by atoms with Gasteiger partial charge in [0.25, 0.3) is 0 Å². The summed E-state index contributed by atoms with van der Waals surface area (Å²) in [4.78, 5) is 11.6. The Hall–Kier alpha value is -0.570. The second kappa shape index (κ2) is 3.05. The van der Waals surface area contributed by atoms with Crippen molar-refractivity contribution in [3.05, 3.63) is 0 Å². The van der Waals surface area contributed by atoms with Gasteiger partial charge in [0.2, 0.25) is 5.91 Å². The van der Waals surface area contributed by atoms with Gasteiger partial charge in [0.15, 0.2) is 0 Å². The van der Waals surface area contributed by atoms with Crippen LogP contribution in [0.25, 0.3) is 0 Å². The maximum atomic E-state index is 11.6. The lowest BCUT2D eigenvalue weighted by molar-refractivity contribution is -0.139. The van der Waals surface area contributed by atoms with E-state index in [0.29, 0.717) is 0 Å². The first-order chi connectivity index (χ1) is 5.83. The van der Waals surface area contributed by atoms with Gasteiger partial charge in [-0.2, -0.15) is 0 Å². The molecule has 0 saturated carbocycles. The Morgan fingerprint density at radius 2 is 2.00 bits per heavy atom. The molecule has 2 rings (SSSR count). The molecule has 3 nitrogen and oxygen atoms in total. The van der Waals surface area contributed by atoms with E-state index in [4.69, 9.17) is 4.74 Å². The fourth-order valence-electron chi connectivity index (χ4n) is 2.17. The minimum Gasteiger partial charge on any atom is -0.381 e. The molecule has 2 aliphatic rings. The summed E-state index contributed by atoms with van der Waals surface area (Å²) in [5.41, 5.74) is -0.0590. The quantitative estimate of drug-likeness (QED) is 0.579. The zero-order valence-corrected chi connectivity index (χ0v) is 7.27. The summed E-state index contributed by atoms with van der Waals surface area (Å²) >= 11 is 0. The van der Waals surface area contributed by atoms with Gasteiger partial charge in [0.05, 0.1) is 5.41 Å². The Kier molecular flexibility index (Phi) is 2.05. The molecule has 12 heavy (non-hydrogen) atoms. The highest BCUT2D eigenvalue weighted by Gasteiger charge is 2.41. The highest BCUT2D eigenvalue weighted by atomic mass is 16.5. The molecule has 0 atom stereocenters. The van der Waals surface area contributed by atoms with Gasteiger partial charge in [-0.15, -0.1) is 0 Å². The number of hydrogen-bond acceptors (Lipinski definition) is 2. The molecular formula is C9H15NO2. The first-order valence-electron chi connectivity index (χ1n) is 4.70. The topological polar surface area (TPSA) is 38.3 Å². The number of hydrogen-bond donors (Lipinski definition) is 1. The molecule has 0 aromatic heterocycles. The van der Waals surface area contributed by atoms with Gasteiger partial charge in [-0.05, 0) is 25.7 Å². The molecule has 68 valence electrons. The van der Waals surface area contributed by atoms with Gasteiger partial charge in [0, 0.05) is 19.8 Å². The predicted molar refractivity (Wildman–Crippen MR) is 44.7 cm³/mol. The second-order valence-corrected chi connectivity index (χ2v) is 3.75. The molecule has 0 unspecified atom stereocenters. The Bertz CT molecular complexity index is 177. The van der Waals surface area contributed by atoms with E-state index in [9.17, 15) is 4.79 Å². The van der Waals surface area contributed by atoms with Crippen LogP contribution in [0, 0.1) is 5.41 Å². The van der Waals surface area contributed by atoms with Crippen LogP contribution in [0.3, 0.4) is 0 Å². The van der Waals surface area contributed by atoms with Crippen LogP contribution < -0.4 is 5.32 Å². The molecule has 2 saturated heterocycles. The van der Waals surface area contributed by atoms with Crippen molar-refractivity contribution in [2.45, 2.75) is 25.7 Å². The molecule has 1 N–H and O–H groups in total. The van der Waals surface area contributed by atoms with E-state index < -0.39 is 0 Å². The third kappa shape index (κ3) is 1.22. The smallest absolute Gasteiger partial charge is 0.226 e. The molecule has 2 aliphatic heterocycles. The van der Waals surface area contributed by atoms with Gasteiger partial charge in [-0.1, -0.05) is 0 Å². The number of carbonyl (C=O) groups excluding carboxylic acids is 1. The summed E-state index contributed by atoms with van der Waals surface area (Å²) in [6.07, 6.45) is 4.02. The van der Waals surface area contributed by atoms with Crippen LogP contribution in [-0.2, 0) is 9.53 Å². The van der Waals surface area contributed by atoms with Crippen LogP contribution >= 0.6 is 0 Å². The number of carbonyl (C=O) groups is 1. The van der Waals surface area contributed by atoms with E-state index in [1.807, 2.05) is 0 Å². The van der Waals surface area contributed by atoms with Gasteiger partial charge in [-0.3, -0.25) is 4.79 Å². The monoisotopic (exact) mass is 169 g/mol. The normalized spacial score (nSPS) is 28.5. The highest BCUT2D eigenvalue weighted by molar-refractivity contribution is 5.83.